The summed E-state index contributed by atoms with van der Waals surface area (Å²) in [4.78, 5) is 12.2. The molecule has 2 aromatic rings. The van der Waals surface area contributed by atoms with Crippen LogP contribution in [0.15, 0.2) is 24.3 Å². The van der Waals surface area contributed by atoms with Gasteiger partial charge >= 0.3 is 0 Å². The van der Waals surface area contributed by atoms with Gasteiger partial charge in [-0.2, -0.15) is 0 Å². The largest absolute Gasteiger partial charge is 0.478 e. The van der Waals surface area contributed by atoms with Gasteiger partial charge in [-0.1, -0.05) is 37.3 Å². The summed E-state index contributed by atoms with van der Waals surface area (Å²) >= 11 is 1.34. The van der Waals surface area contributed by atoms with Crippen LogP contribution in [-0.4, -0.2) is 22.2 Å². The number of nitrogens with zero attached hydrogens (tertiary/aromatic N) is 2. The van der Waals surface area contributed by atoms with Crippen LogP contribution in [0.5, 0.6) is 5.75 Å². The lowest BCUT2D eigenvalue weighted by Gasteiger charge is -2.16. The van der Waals surface area contributed by atoms with Crippen LogP contribution in [0.2, 0.25) is 0 Å². The van der Waals surface area contributed by atoms with Crippen molar-refractivity contribution in [1.82, 2.24) is 10.2 Å². The summed E-state index contributed by atoms with van der Waals surface area (Å²) in [6, 6.07) is 6.02. The zero-order chi connectivity index (χ0) is 15.9. The fourth-order valence-corrected chi connectivity index (χ4v) is 2.67. The SMILES string of the molecule is CCCc1nnc(NC(=O)C(CC)Oc2ccccc2F)s1. The Kier molecular flexibility index (Phi) is 5.83. The van der Waals surface area contributed by atoms with Gasteiger partial charge in [-0.15, -0.1) is 10.2 Å². The average molecular weight is 323 g/mol. The molecular formula is C15H18FN3O2S. The number of halogens is 1. The van der Waals surface area contributed by atoms with Crippen LogP contribution >= 0.6 is 11.3 Å². The first kappa shape index (κ1) is 16.4. The lowest BCUT2D eigenvalue weighted by atomic mass is 10.2. The number of para-hydroxylation sites is 1. The fourth-order valence-electron chi connectivity index (χ4n) is 1.82. The fraction of sp³-hybridized carbons (Fsp3) is 0.400. The summed E-state index contributed by atoms with van der Waals surface area (Å²) in [6.45, 7) is 3.85. The number of rotatable bonds is 7. The van der Waals surface area contributed by atoms with E-state index < -0.39 is 11.9 Å². The minimum absolute atomic E-state index is 0.0634. The van der Waals surface area contributed by atoms with Crippen LogP contribution in [0.25, 0.3) is 0 Å². The van der Waals surface area contributed by atoms with Crippen LogP contribution in [0, 0.1) is 5.82 Å². The summed E-state index contributed by atoms with van der Waals surface area (Å²) in [5, 5.41) is 11.9. The van der Waals surface area contributed by atoms with Gasteiger partial charge in [0.1, 0.15) is 5.01 Å². The molecule has 0 saturated carbocycles. The molecule has 1 aromatic carbocycles. The summed E-state index contributed by atoms with van der Waals surface area (Å²) in [7, 11) is 0. The lowest BCUT2D eigenvalue weighted by Crippen LogP contribution is -2.32. The van der Waals surface area contributed by atoms with Crippen molar-refractivity contribution >= 4 is 22.4 Å². The van der Waals surface area contributed by atoms with Gasteiger partial charge in [-0.25, -0.2) is 4.39 Å². The van der Waals surface area contributed by atoms with Crippen LogP contribution in [0.3, 0.4) is 0 Å². The third kappa shape index (κ3) is 4.24. The van der Waals surface area contributed by atoms with Crippen LogP contribution in [-0.2, 0) is 11.2 Å². The standard InChI is InChI=1S/C15H18FN3O2S/c1-3-7-13-18-19-15(22-13)17-14(20)11(4-2)21-12-9-6-5-8-10(12)16/h5-6,8-9,11H,3-4,7H2,1-2H3,(H,17,19,20). The highest BCUT2D eigenvalue weighted by Crippen LogP contribution is 2.20. The second-order valence-electron chi connectivity index (χ2n) is 4.69. The average Bonchev–Trinajstić information content (AvgIpc) is 2.94. The van der Waals surface area contributed by atoms with Crippen molar-refractivity contribution in [2.75, 3.05) is 5.32 Å². The van der Waals surface area contributed by atoms with E-state index in [9.17, 15) is 9.18 Å². The minimum atomic E-state index is -0.782. The quantitative estimate of drug-likeness (QED) is 0.848. The molecule has 1 unspecified atom stereocenters. The van der Waals surface area contributed by atoms with E-state index in [0.717, 1.165) is 17.8 Å². The summed E-state index contributed by atoms with van der Waals surface area (Å²) in [6.07, 6.45) is 1.43. The molecule has 5 nitrogen and oxygen atoms in total. The van der Waals surface area contributed by atoms with E-state index in [2.05, 4.69) is 22.4 Å². The van der Waals surface area contributed by atoms with Gasteiger partial charge in [-0.05, 0) is 25.0 Å². The Morgan fingerprint density at radius 3 is 2.82 bits per heavy atom. The van der Waals surface area contributed by atoms with Crippen molar-refractivity contribution in [3.63, 3.8) is 0 Å². The van der Waals surface area contributed by atoms with Gasteiger partial charge in [0.15, 0.2) is 17.7 Å². The van der Waals surface area contributed by atoms with Gasteiger partial charge < -0.3 is 4.74 Å². The second kappa shape index (κ2) is 7.84. The molecule has 0 aliphatic rings. The van der Waals surface area contributed by atoms with E-state index in [1.807, 2.05) is 0 Å². The molecule has 0 aliphatic carbocycles. The first-order valence-corrected chi connectivity index (χ1v) is 8.00. The van der Waals surface area contributed by atoms with Crippen molar-refractivity contribution in [3.05, 3.63) is 35.1 Å². The van der Waals surface area contributed by atoms with Crippen molar-refractivity contribution in [2.45, 2.75) is 39.2 Å². The maximum absolute atomic E-state index is 13.6. The lowest BCUT2D eigenvalue weighted by molar-refractivity contribution is -0.122. The minimum Gasteiger partial charge on any atom is -0.478 e. The molecule has 0 fully saturated rings. The number of hydrogen-bond acceptors (Lipinski definition) is 5. The van der Waals surface area contributed by atoms with Crippen molar-refractivity contribution in [3.8, 4) is 5.75 Å². The van der Waals surface area contributed by atoms with E-state index >= 15 is 0 Å². The molecule has 1 N–H and O–H groups in total. The molecule has 0 radical (unpaired) electrons. The molecule has 7 heteroatoms. The number of hydrogen-bond donors (Lipinski definition) is 1. The maximum atomic E-state index is 13.6. The molecule has 0 bridgehead atoms. The Morgan fingerprint density at radius 2 is 2.14 bits per heavy atom. The molecule has 118 valence electrons. The highest BCUT2D eigenvalue weighted by molar-refractivity contribution is 7.15. The van der Waals surface area contributed by atoms with E-state index in [0.29, 0.717) is 11.6 Å². The van der Waals surface area contributed by atoms with Gasteiger partial charge in [-0.3, -0.25) is 10.1 Å². The predicted octanol–water partition coefficient (Wildman–Crippen LogP) is 3.43. The van der Waals surface area contributed by atoms with Crippen LogP contribution in [0.1, 0.15) is 31.7 Å². The Hall–Kier alpha value is -2.02. The number of nitrogens with one attached hydrogen (secondary N) is 1. The monoisotopic (exact) mass is 323 g/mol. The number of aromatic nitrogens is 2. The highest BCUT2D eigenvalue weighted by Gasteiger charge is 2.21. The number of benzene rings is 1. The number of carbonyl (C=O) groups excluding carboxylic acids is 1. The summed E-state index contributed by atoms with van der Waals surface area (Å²) in [5.41, 5.74) is 0. The van der Waals surface area contributed by atoms with E-state index in [1.165, 1.54) is 23.5 Å². The van der Waals surface area contributed by atoms with Crippen molar-refractivity contribution < 1.29 is 13.9 Å². The second-order valence-corrected chi connectivity index (χ2v) is 5.75. The Labute approximate surface area is 132 Å². The molecule has 0 saturated heterocycles. The van der Waals surface area contributed by atoms with Gasteiger partial charge in [0.25, 0.3) is 5.91 Å². The first-order valence-electron chi connectivity index (χ1n) is 7.18. The molecule has 22 heavy (non-hydrogen) atoms. The molecule has 0 aliphatic heterocycles. The van der Waals surface area contributed by atoms with Crippen molar-refractivity contribution in [2.24, 2.45) is 0 Å². The highest BCUT2D eigenvalue weighted by atomic mass is 32.1. The zero-order valence-corrected chi connectivity index (χ0v) is 13.3. The third-order valence-electron chi connectivity index (χ3n) is 2.93. The summed E-state index contributed by atoms with van der Waals surface area (Å²) in [5.74, 6) is -0.784. The van der Waals surface area contributed by atoms with Crippen LogP contribution < -0.4 is 10.1 Å². The maximum Gasteiger partial charge on any atom is 0.267 e. The van der Waals surface area contributed by atoms with Gasteiger partial charge in [0.2, 0.25) is 5.13 Å². The smallest absolute Gasteiger partial charge is 0.267 e. The zero-order valence-electron chi connectivity index (χ0n) is 12.5. The number of carbonyl (C=O) groups is 1. The van der Waals surface area contributed by atoms with Gasteiger partial charge in [0.05, 0.1) is 0 Å². The molecule has 1 amide bonds. The molecule has 1 aromatic heterocycles. The number of amides is 1. The number of ether oxygens (including phenoxy) is 1. The molecular weight excluding hydrogens is 305 g/mol. The molecule has 0 spiro atoms. The number of anilines is 1. The Balaban J connectivity index is 2.00. The van der Waals surface area contributed by atoms with E-state index in [4.69, 9.17) is 4.74 Å². The normalized spacial score (nSPS) is 12.0. The van der Waals surface area contributed by atoms with Crippen molar-refractivity contribution in [1.29, 1.82) is 0 Å². The van der Waals surface area contributed by atoms with E-state index in [-0.39, 0.29) is 11.7 Å². The topological polar surface area (TPSA) is 64.1 Å². The van der Waals surface area contributed by atoms with Crippen LogP contribution in [0.4, 0.5) is 9.52 Å². The first-order chi connectivity index (χ1) is 10.6. The summed E-state index contributed by atoms with van der Waals surface area (Å²) < 4.78 is 19.0. The molecule has 2 rings (SSSR count). The third-order valence-corrected chi connectivity index (χ3v) is 3.83. The predicted molar refractivity (Wildman–Crippen MR) is 83.6 cm³/mol. The van der Waals surface area contributed by atoms with E-state index in [1.54, 1.807) is 19.1 Å². The molecule has 1 heterocycles. The Morgan fingerprint density at radius 1 is 1.36 bits per heavy atom. The molecule has 1 atom stereocenters. The Bertz CT molecular complexity index is 633. The number of aryl methyl sites for hydroxylation is 1. The van der Waals surface area contributed by atoms with Gasteiger partial charge in [0, 0.05) is 6.42 Å².